The van der Waals surface area contributed by atoms with Crippen LogP contribution in [0.25, 0.3) is 22.6 Å². The monoisotopic (exact) mass is 353 g/mol. The fourth-order valence-electron chi connectivity index (χ4n) is 3.12. The Kier molecular flexibility index (Phi) is 3.31. The number of H-pyrrole nitrogens is 1. The Bertz CT molecular complexity index is 1170. The normalized spacial score (nSPS) is 15.6. The number of aromatic amines is 1. The third-order valence-electron chi connectivity index (χ3n) is 4.33. The van der Waals surface area contributed by atoms with Crippen molar-refractivity contribution in [1.82, 2.24) is 4.98 Å². The van der Waals surface area contributed by atoms with Crippen LogP contribution in [-0.4, -0.2) is 19.3 Å². The summed E-state index contributed by atoms with van der Waals surface area (Å²) in [6.07, 6.45) is 1.78. The topological polar surface area (TPSA) is 105 Å². The smallest absolute Gasteiger partial charge is 0.256 e. The molecule has 0 bridgehead atoms. The molecular formula is C18H15N3O3S. The van der Waals surface area contributed by atoms with Crippen molar-refractivity contribution in [2.45, 2.75) is 11.8 Å². The van der Waals surface area contributed by atoms with E-state index in [9.17, 15) is 13.2 Å². The molecule has 4 N–H and O–H groups in total. The average Bonchev–Trinajstić information content (AvgIpc) is 3.04. The number of carbonyl (C=O) groups excluding carboxylic acids is 1. The summed E-state index contributed by atoms with van der Waals surface area (Å²) >= 11 is 0. The molecule has 0 spiro atoms. The number of hydrogen-bond acceptors (Lipinski definition) is 3. The third-order valence-corrected chi connectivity index (χ3v) is 5.25. The van der Waals surface area contributed by atoms with Crippen LogP contribution in [0.3, 0.4) is 0 Å². The van der Waals surface area contributed by atoms with E-state index in [1.54, 1.807) is 12.1 Å². The van der Waals surface area contributed by atoms with Crippen molar-refractivity contribution in [1.29, 1.82) is 0 Å². The largest absolute Gasteiger partial charge is 0.358 e. The van der Waals surface area contributed by atoms with Crippen molar-refractivity contribution in [2.24, 2.45) is 5.14 Å². The Hall–Kier alpha value is -2.90. The lowest BCUT2D eigenvalue weighted by atomic mass is 10.0. The van der Waals surface area contributed by atoms with E-state index in [-0.39, 0.29) is 10.8 Å². The van der Waals surface area contributed by atoms with Gasteiger partial charge in [0.2, 0.25) is 10.0 Å². The summed E-state index contributed by atoms with van der Waals surface area (Å²) in [6.45, 7) is 1.93. The zero-order chi connectivity index (χ0) is 17.8. The highest BCUT2D eigenvalue weighted by atomic mass is 32.2. The van der Waals surface area contributed by atoms with Gasteiger partial charge in [0.25, 0.3) is 5.91 Å². The predicted molar refractivity (Wildman–Crippen MR) is 97.4 cm³/mol. The maximum Gasteiger partial charge on any atom is 0.256 e. The van der Waals surface area contributed by atoms with Crippen LogP contribution >= 0.6 is 0 Å². The molecule has 4 rings (SSSR count). The number of nitrogens with two attached hydrogens (primary N) is 1. The highest BCUT2D eigenvalue weighted by Crippen LogP contribution is 2.36. The molecule has 25 heavy (non-hydrogen) atoms. The van der Waals surface area contributed by atoms with Gasteiger partial charge in [0.05, 0.1) is 4.90 Å². The second kappa shape index (κ2) is 5.30. The molecule has 1 aromatic heterocycles. The van der Waals surface area contributed by atoms with Crippen molar-refractivity contribution < 1.29 is 13.2 Å². The number of fused-ring (bicyclic) bond motifs is 2. The van der Waals surface area contributed by atoms with Crippen LogP contribution < -0.4 is 10.5 Å². The van der Waals surface area contributed by atoms with Gasteiger partial charge in [-0.05, 0) is 37.3 Å². The molecule has 3 aromatic rings. The summed E-state index contributed by atoms with van der Waals surface area (Å²) in [5, 5.41) is 8.96. The maximum absolute atomic E-state index is 12.4. The van der Waals surface area contributed by atoms with Gasteiger partial charge in [0, 0.05) is 39.0 Å². The summed E-state index contributed by atoms with van der Waals surface area (Å²) in [5.74, 6) is -0.272. The minimum atomic E-state index is -3.84. The van der Waals surface area contributed by atoms with Gasteiger partial charge in [-0.1, -0.05) is 18.2 Å². The van der Waals surface area contributed by atoms with E-state index in [0.717, 1.165) is 22.2 Å². The number of amides is 1. The van der Waals surface area contributed by atoms with E-state index < -0.39 is 10.0 Å². The van der Waals surface area contributed by atoms with Gasteiger partial charge in [-0.3, -0.25) is 4.79 Å². The van der Waals surface area contributed by atoms with Gasteiger partial charge < -0.3 is 10.3 Å². The fourth-order valence-corrected chi connectivity index (χ4v) is 3.66. The highest BCUT2D eigenvalue weighted by Gasteiger charge is 2.26. The molecule has 0 radical (unpaired) electrons. The average molecular weight is 353 g/mol. The minimum Gasteiger partial charge on any atom is -0.358 e. The van der Waals surface area contributed by atoms with E-state index in [1.807, 2.05) is 31.2 Å². The molecule has 1 aliphatic heterocycles. The molecule has 0 saturated heterocycles. The predicted octanol–water partition coefficient (Wildman–Crippen LogP) is 2.62. The lowest BCUT2D eigenvalue weighted by Gasteiger charge is -2.03. The summed E-state index contributed by atoms with van der Waals surface area (Å²) in [6, 6.07) is 12.2. The van der Waals surface area contributed by atoms with Crippen molar-refractivity contribution >= 4 is 44.2 Å². The van der Waals surface area contributed by atoms with E-state index in [4.69, 9.17) is 5.14 Å². The number of aromatic nitrogens is 1. The van der Waals surface area contributed by atoms with Crippen molar-refractivity contribution in [2.75, 3.05) is 5.32 Å². The van der Waals surface area contributed by atoms with Crippen molar-refractivity contribution in [3.63, 3.8) is 0 Å². The van der Waals surface area contributed by atoms with Crippen LogP contribution in [0.2, 0.25) is 0 Å². The number of para-hydroxylation sites is 1. The number of sulfonamides is 1. The second-order valence-electron chi connectivity index (χ2n) is 5.97. The zero-order valence-corrected chi connectivity index (χ0v) is 14.1. The number of anilines is 1. The van der Waals surface area contributed by atoms with Gasteiger partial charge in [-0.25, -0.2) is 13.6 Å². The van der Waals surface area contributed by atoms with Crippen molar-refractivity contribution in [3.05, 3.63) is 59.3 Å². The number of carbonyl (C=O) groups is 1. The Balaban J connectivity index is 1.94. The number of rotatable bonds is 2. The molecule has 7 heteroatoms. The molecule has 0 atom stereocenters. The molecule has 0 fully saturated rings. The summed E-state index contributed by atoms with van der Waals surface area (Å²) < 4.78 is 23.2. The van der Waals surface area contributed by atoms with Gasteiger partial charge in [-0.15, -0.1) is 0 Å². The number of aryl methyl sites for hydroxylation is 1. The Morgan fingerprint density at radius 3 is 2.64 bits per heavy atom. The molecule has 0 saturated carbocycles. The quantitative estimate of drug-likeness (QED) is 0.617. The molecule has 6 nitrogen and oxygen atoms in total. The second-order valence-corrected chi connectivity index (χ2v) is 7.54. The standard InChI is InChI=1S/C18H15N3O3S/c1-10-13(12-4-2-3-5-16(12)20-10)9-15-14-8-11(25(19,23)24)6-7-17(14)21-18(15)22/h2-9,20H,1H3,(H,21,22)(H2,19,23,24). The van der Waals surface area contributed by atoms with Gasteiger partial charge >= 0.3 is 0 Å². The molecule has 1 amide bonds. The third kappa shape index (κ3) is 2.54. The van der Waals surface area contributed by atoms with E-state index in [2.05, 4.69) is 10.3 Å². The molecule has 1 aliphatic rings. The van der Waals surface area contributed by atoms with Gasteiger partial charge in [0.15, 0.2) is 0 Å². The maximum atomic E-state index is 12.4. The van der Waals surface area contributed by atoms with Crippen LogP contribution in [0.5, 0.6) is 0 Å². The lowest BCUT2D eigenvalue weighted by molar-refractivity contribution is -0.110. The number of hydrogen-bond donors (Lipinski definition) is 3. The lowest BCUT2D eigenvalue weighted by Crippen LogP contribution is -2.12. The number of nitrogens with one attached hydrogen (secondary N) is 2. The van der Waals surface area contributed by atoms with Crippen LogP contribution in [0.4, 0.5) is 5.69 Å². The molecule has 0 unspecified atom stereocenters. The minimum absolute atomic E-state index is 0.0238. The first-order valence-electron chi connectivity index (χ1n) is 7.62. The summed E-state index contributed by atoms with van der Waals surface area (Å²) in [5.41, 5.74) is 4.31. The Morgan fingerprint density at radius 2 is 1.88 bits per heavy atom. The van der Waals surface area contributed by atoms with Crippen LogP contribution in [-0.2, 0) is 14.8 Å². The van der Waals surface area contributed by atoms with Crippen LogP contribution in [0.1, 0.15) is 16.8 Å². The fraction of sp³-hybridized carbons (Fsp3) is 0.0556. The Morgan fingerprint density at radius 1 is 1.12 bits per heavy atom. The van der Waals surface area contributed by atoms with Crippen molar-refractivity contribution in [3.8, 4) is 0 Å². The van der Waals surface area contributed by atoms with Gasteiger partial charge in [0.1, 0.15) is 0 Å². The first-order chi connectivity index (χ1) is 11.8. The first-order valence-corrected chi connectivity index (χ1v) is 9.17. The van der Waals surface area contributed by atoms with E-state index in [0.29, 0.717) is 16.8 Å². The first kappa shape index (κ1) is 15.6. The zero-order valence-electron chi connectivity index (χ0n) is 13.3. The molecule has 2 heterocycles. The highest BCUT2D eigenvalue weighted by molar-refractivity contribution is 7.89. The number of primary sulfonamides is 1. The summed E-state index contributed by atoms with van der Waals surface area (Å²) in [4.78, 5) is 15.7. The number of benzene rings is 2. The SMILES string of the molecule is Cc1[nH]c2ccccc2c1C=C1C(=O)Nc2ccc(S(N)(=O)=O)cc21. The molecule has 126 valence electrons. The van der Waals surface area contributed by atoms with Gasteiger partial charge in [-0.2, -0.15) is 0 Å². The summed E-state index contributed by atoms with van der Waals surface area (Å²) in [7, 11) is -3.84. The van der Waals surface area contributed by atoms with E-state index >= 15 is 0 Å². The van der Waals surface area contributed by atoms with E-state index in [1.165, 1.54) is 12.1 Å². The Labute approximate surface area is 144 Å². The molecule has 2 aromatic carbocycles. The molecule has 0 aliphatic carbocycles. The van der Waals surface area contributed by atoms with Crippen LogP contribution in [0, 0.1) is 6.92 Å². The van der Waals surface area contributed by atoms with Crippen LogP contribution in [0.15, 0.2) is 47.4 Å². The molecular weight excluding hydrogens is 338 g/mol.